The predicted octanol–water partition coefficient (Wildman–Crippen LogP) is 4.62. The average molecular weight is 544 g/mol. The summed E-state index contributed by atoms with van der Waals surface area (Å²) in [6, 6.07) is 12.5. The zero-order valence-corrected chi connectivity index (χ0v) is 20.9. The van der Waals surface area contributed by atoms with Crippen molar-refractivity contribution in [2.24, 2.45) is 0 Å². The van der Waals surface area contributed by atoms with Crippen LogP contribution < -0.4 is 5.32 Å². The van der Waals surface area contributed by atoms with E-state index in [-0.39, 0.29) is 4.90 Å². The van der Waals surface area contributed by atoms with E-state index < -0.39 is 28.0 Å². The van der Waals surface area contributed by atoms with Gasteiger partial charge >= 0.3 is 12.1 Å². The lowest BCUT2D eigenvalue weighted by molar-refractivity contribution is -0.192. The van der Waals surface area contributed by atoms with Gasteiger partial charge in [-0.2, -0.15) is 13.2 Å². The van der Waals surface area contributed by atoms with Gasteiger partial charge in [-0.15, -0.1) is 0 Å². The van der Waals surface area contributed by atoms with Gasteiger partial charge < -0.3 is 10.4 Å². The van der Waals surface area contributed by atoms with Crippen LogP contribution in [0.25, 0.3) is 10.9 Å². The van der Waals surface area contributed by atoms with Crippen molar-refractivity contribution < 1.29 is 35.9 Å². The normalized spacial score (nSPS) is 16.1. The summed E-state index contributed by atoms with van der Waals surface area (Å²) in [6.07, 6.45) is 1.71. The van der Waals surface area contributed by atoms with Gasteiger partial charge in [-0.25, -0.2) is 21.6 Å². The first-order chi connectivity index (χ1) is 17.5. The van der Waals surface area contributed by atoms with Crippen LogP contribution >= 0.6 is 0 Å². The van der Waals surface area contributed by atoms with Gasteiger partial charge in [0, 0.05) is 18.1 Å². The van der Waals surface area contributed by atoms with E-state index in [0.717, 1.165) is 42.7 Å². The van der Waals surface area contributed by atoms with E-state index in [4.69, 9.17) is 9.90 Å². The maximum absolute atomic E-state index is 13.1. The third-order valence-corrected chi connectivity index (χ3v) is 7.65. The van der Waals surface area contributed by atoms with E-state index in [1.165, 1.54) is 54.9 Å². The topological polar surface area (TPSA) is 91.6 Å². The summed E-state index contributed by atoms with van der Waals surface area (Å²) in [6.45, 7) is 5.51. The number of benzene rings is 2. The summed E-state index contributed by atoms with van der Waals surface area (Å²) >= 11 is 0. The Kier molecular flexibility index (Phi) is 9.68. The first-order valence-corrected chi connectivity index (χ1v) is 13.3. The molecule has 5 rings (SSSR count). The summed E-state index contributed by atoms with van der Waals surface area (Å²) in [5.74, 6) is -3.21. The molecule has 2 saturated heterocycles. The SMILES string of the molecule is C1CCNC1.O=C(O)C(F)(F)F.O=S(=O)(c1ccc(F)cc1)n1ccc2c(CN3CCCC3)cccc21. The number of fused-ring (bicyclic) bond motifs is 1. The quantitative estimate of drug-likeness (QED) is 0.467. The molecule has 0 bridgehead atoms. The summed E-state index contributed by atoms with van der Waals surface area (Å²) in [5, 5.41) is 11.3. The van der Waals surface area contributed by atoms with E-state index in [2.05, 4.69) is 16.3 Å². The second-order valence-electron chi connectivity index (χ2n) is 8.66. The lowest BCUT2D eigenvalue weighted by Crippen LogP contribution is -2.21. The number of rotatable bonds is 4. The summed E-state index contributed by atoms with van der Waals surface area (Å²) in [4.78, 5) is 11.4. The van der Waals surface area contributed by atoms with Crippen LogP contribution in [0.1, 0.15) is 31.2 Å². The van der Waals surface area contributed by atoms with E-state index in [9.17, 15) is 26.0 Å². The van der Waals surface area contributed by atoms with Crippen LogP contribution in [-0.2, 0) is 21.4 Å². The summed E-state index contributed by atoms with van der Waals surface area (Å²) in [5.41, 5.74) is 1.79. The van der Waals surface area contributed by atoms with Gasteiger partial charge in [-0.05, 0) is 93.8 Å². The van der Waals surface area contributed by atoms with E-state index in [0.29, 0.717) is 5.52 Å². The highest BCUT2D eigenvalue weighted by Gasteiger charge is 2.38. The highest BCUT2D eigenvalue weighted by molar-refractivity contribution is 7.90. The second-order valence-corrected chi connectivity index (χ2v) is 10.5. The van der Waals surface area contributed by atoms with Gasteiger partial charge in [0.05, 0.1) is 10.4 Å². The van der Waals surface area contributed by atoms with Crippen molar-refractivity contribution >= 4 is 26.9 Å². The van der Waals surface area contributed by atoms with Gasteiger partial charge in [0.1, 0.15) is 5.82 Å². The molecule has 2 N–H and O–H groups in total. The Morgan fingerprint density at radius 2 is 1.54 bits per heavy atom. The number of hydrogen-bond acceptors (Lipinski definition) is 5. The van der Waals surface area contributed by atoms with Crippen LogP contribution in [-0.4, -0.2) is 60.7 Å². The predicted molar refractivity (Wildman–Crippen MR) is 131 cm³/mol. The molecule has 2 fully saturated rings. The van der Waals surface area contributed by atoms with Crippen LogP contribution in [0.4, 0.5) is 17.6 Å². The largest absolute Gasteiger partial charge is 0.490 e. The van der Waals surface area contributed by atoms with Crippen LogP contribution in [0.5, 0.6) is 0 Å². The fourth-order valence-electron chi connectivity index (χ4n) is 4.08. The molecule has 0 spiro atoms. The Balaban J connectivity index is 0.000000262. The fraction of sp³-hybridized carbons (Fsp3) is 0.400. The van der Waals surface area contributed by atoms with Gasteiger partial charge in [0.15, 0.2) is 0 Å². The van der Waals surface area contributed by atoms with Crippen LogP contribution in [0.2, 0.25) is 0 Å². The monoisotopic (exact) mass is 543 g/mol. The highest BCUT2D eigenvalue weighted by atomic mass is 32.2. The molecule has 2 aromatic carbocycles. The molecule has 2 aliphatic heterocycles. The number of nitrogens with one attached hydrogen (secondary N) is 1. The number of nitrogens with zero attached hydrogens (tertiary/aromatic N) is 2. The molecule has 0 saturated carbocycles. The standard InChI is InChI=1S/C19H19FN2O2S.C4H9N.C2HF3O2/c20-16-6-8-17(9-7-16)25(23,24)22-13-10-18-15(4-3-5-19(18)22)14-21-11-1-2-12-21;1-2-4-5-3-1;3-2(4,5)1(6)7/h3-10,13H,1-2,11-12,14H2;5H,1-4H2;(H,6,7). The molecule has 7 nitrogen and oxygen atoms in total. The smallest absolute Gasteiger partial charge is 0.475 e. The molecule has 3 heterocycles. The molecule has 0 radical (unpaired) electrons. The molecule has 3 aromatic rings. The Labute approximate surface area is 212 Å². The van der Waals surface area contributed by atoms with Gasteiger partial charge in [0.2, 0.25) is 0 Å². The van der Waals surface area contributed by atoms with E-state index >= 15 is 0 Å². The minimum atomic E-state index is -5.08. The van der Waals surface area contributed by atoms with Crippen molar-refractivity contribution in [1.82, 2.24) is 14.2 Å². The number of alkyl halides is 3. The van der Waals surface area contributed by atoms with Crippen molar-refractivity contribution in [2.75, 3.05) is 26.2 Å². The fourth-order valence-corrected chi connectivity index (χ4v) is 5.43. The minimum absolute atomic E-state index is 0.0799. The van der Waals surface area contributed by atoms with Crippen molar-refractivity contribution in [3.8, 4) is 0 Å². The number of carboxylic acids is 1. The van der Waals surface area contributed by atoms with Gasteiger partial charge in [-0.1, -0.05) is 12.1 Å². The van der Waals surface area contributed by atoms with E-state index in [1.54, 1.807) is 6.20 Å². The number of hydrogen-bond donors (Lipinski definition) is 2. The molecular weight excluding hydrogens is 514 g/mol. The first-order valence-electron chi connectivity index (χ1n) is 11.8. The number of aliphatic carboxylic acids is 1. The van der Waals surface area contributed by atoms with Crippen LogP contribution in [0, 0.1) is 5.82 Å². The van der Waals surface area contributed by atoms with Crippen LogP contribution in [0.3, 0.4) is 0 Å². The second kappa shape index (κ2) is 12.5. The number of likely N-dealkylation sites (tertiary alicyclic amines) is 1. The lowest BCUT2D eigenvalue weighted by Gasteiger charge is -2.15. The average Bonchev–Trinajstić information content (AvgIpc) is 3.63. The Morgan fingerprint density at radius 3 is 2.05 bits per heavy atom. The molecule has 2 aliphatic rings. The third-order valence-electron chi connectivity index (χ3n) is 5.95. The molecule has 1 aromatic heterocycles. The van der Waals surface area contributed by atoms with Crippen molar-refractivity contribution in [3.05, 3.63) is 66.1 Å². The molecule has 0 atom stereocenters. The number of halogens is 4. The lowest BCUT2D eigenvalue weighted by atomic mass is 10.1. The first kappa shape index (κ1) is 28.6. The third kappa shape index (κ3) is 7.76. The molecule has 0 aliphatic carbocycles. The molecule has 0 amide bonds. The molecule has 0 unspecified atom stereocenters. The Morgan fingerprint density at radius 1 is 0.946 bits per heavy atom. The minimum Gasteiger partial charge on any atom is -0.475 e. The summed E-state index contributed by atoms with van der Waals surface area (Å²) in [7, 11) is -3.75. The maximum atomic E-state index is 13.1. The van der Waals surface area contributed by atoms with Gasteiger partial charge in [0.25, 0.3) is 10.0 Å². The summed E-state index contributed by atoms with van der Waals surface area (Å²) < 4.78 is 71.9. The highest BCUT2D eigenvalue weighted by Crippen LogP contribution is 2.26. The number of carboxylic acid groups (broad SMARTS) is 1. The maximum Gasteiger partial charge on any atom is 0.490 e. The van der Waals surface area contributed by atoms with Crippen molar-refractivity contribution in [2.45, 2.75) is 43.3 Å². The molecule has 12 heteroatoms. The molecular formula is C25H29F4N3O4S. The zero-order valence-electron chi connectivity index (χ0n) is 20.0. The van der Waals surface area contributed by atoms with E-state index in [1.807, 2.05) is 18.2 Å². The zero-order chi connectivity index (χ0) is 27.1. The van der Waals surface area contributed by atoms with Crippen LogP contribution in [0.15, 0.2) is 59.6 Å². The molecule has 37 heavy (non-hydrogen) atoms. The van der Waals surface area contributed by atoms with Crippen molar-refractivity contribution in [1.29, 1.82) is 0 Å². The Hall–Kier alpha value is -2.96. The van der Waals surface area contributed by atoms with Crippen molar-refractivity contribution in [3.63, 3.8) is 0 Å². The number of carbonyl (C=O) groups is 1. The molecule has 202 valence electrons. The Bertz CT molecular complexity index is 1270. The number of aromatic nitrogens is 1. The van der Waals surface area contributed by atoms with Gasteiger partial charge in [-0.3, -0.25) is 4.90 Å².